The molecular weight excluding hydrogens is 316 g/mol. The van der Waals surface area contributed by atoms with Crippen LogP contribution in [0.2, 0.25) is 0 Å². The molecule has 2 aromatic rings. The highest BCUT2D eigenvalue weighted by atomic mass is 16.5. The van der Waals surface area contributed by atoms with Gasteiger partial charge in [-0.2, -0.15) is 4.98 Å². The normalized spacial score (nSPS) is 21.2. The van der Waals surface area contributed by atoms with Gasteiger partial charge in [0.25, 0.3) is 5.89 Å². The minimum atomic E-state index is -0.305. The van der Waals surface area contributed by atoms with E-state index in [9.17, 15) is 4.79 Å². The number of amides is 1. The number of hydrogen-bond donors (Lipinski definition) is 1. The van der Waals surface area contributed by atoms with Crippen LogP contribution in [0.1, 0.15) is 32.5 Å². The molecule has 1 unspecified atom stereocenters. The average Bonchev–Trinajstić information content (AvgIpc) is 3.11. The van der Waals surface area contributed by atoms with Gasteiger partial charge in [0.1, 0.15) is 0 Å². The predicted octanol–water partition coefficient (Wildman–Crippen LogP) is 2.52. The monoisotopic (exact) mass is 342 g/mol. The Bertz CT molecular complexity index is 700. The molecule has 1 aromatic carbocycles. The molecule has 1 fully saturated rings. The summed E-state index contributed by atoms with van der Waals surface area (Å²) in [5.74, 6) is 1.25. The maximum absolute atomic E-state index is 12.6. The molecule has 134 valence electrons. The molecule has 0 bridgehead atoms. The summed E-state index contributed by atoms with van der Waals surface area (Å²) in [6.45, 7) is 7.64. The van der Waals surface area contributed by atoms with Crippen LogP contribution in [0.5, 0.6) is 0 Å². The number of nitrogens with one attached hydrogen (secondary N) is 1. The highest BCUT2D eigenvalue weighted by Gasteiger charge is 2.37. The molecule has 1 amide bonds. The minimum Gasteiger partial charge on any atom is -0.355 e. The third-order valence-corrected chi connectivity index (χ3v) is 4.89. The first-order valence-corrected chi connectivity index (χ1v) is 8.99. The molecule has 1 atom stereocenters. The number of carbonyl (C=O) groups is 1. The van der Waals surface area contributed by atoms with E-state index in [-0.39, 0.29) is 11.3 Å². The standard InChI is InChI=1S/C19H26N4O2/c1-3-23-13-7-11-19(2,14-23)18(24)20-12-10-16-21-17(25-22-16)15-8-5-4-6-9-15/h4-6,8-9H,3,7,10-14H2,1-2H3,(H,20,24). The maximum atomic E-state index is 12.6. The molecule has 2 heterocycles. The Morgan fingerprint density at radius 2 is 2.16 bits per heavy atom. The van der Waals surface area contributed by atoms with Gasteiger partial charge in [0.15, 0.2) is 5.82 Å². The maximum Gasteiger partial charge on any atom is 0.257 e. The van der Waals surface area contributed by atoms with Crippen molar-refractivity contribution in [1.82, 2.24) is 20.4 Å². The molecule has 1 aromatic heterocycles. The summed E-state index contributed by atoms with van der Waals surface area (Å²) in [7, 11) is 0. The first kappa shape index (κ1) is 17.6. The molecule has 25 heavy (non-hydrogen) atoms. The van der Waals surface area contributed by atoms with Crippen molar-refractivity contribution in [2.24, 2.45) is 5.41 Å². The van der Waals surface area contributed by atoms with Crippen LogP contribution in [0, 0.1) is 5.41 Å². The molecule has 6 nitrogen and oxygen atoms in total. The lowest BCUT2D eigenvalue weighted by molar-refractivity contribution is -0.133. The first-order chi connectivity index (χ1) is 12.1. The fourth-order valence-corrected chi connectivity index (χ4v) is 3.35. The molecule has 1 aliphatic rings. The summed E-state index contributed by atoms with van der Waals surface area (Å²) in [4.78, 5) is 19.3. The van der Waals surface area contributed by atoms with Crippen molar-refractivity contribution < 1.29 is 9.32 Å². The van der Waals surface area contributed by atoms with E-state index in [0.717, 1.165) is 38.0 Å². The third-order valence-electron chi connectivity index (χ3n) is 4.89. The molecule has 0 saturated carbocycles. The number of likely N-dealkylation sites (tertiary alicyclic amines) is 1. The molecule has 6 heteroatoms. The Hall–Kier alpha value is -2.21. The van der Waals surface area contributed by atoms with Gasteiger partial charge in [-0.3, -0.25) is 4.79 Å². The highest BCUT2D eigenvalue weighted by molar-refractivity contribution is 5.82. The van der Waals surface area contributed by atoms with E-state index in [0.29, 0.717) is 24.7 Å². The average molecular weight is 342 g/mol. The van der Waals surface area contributed by atoms with E-state index in [2.05, 4.69) is 34.2 Å². The largest absolute Gasteiger partial charge is 0.355 e. The lowest BCUT2D eigenvalue weighted by Crippen LogP contribution is -2.50. The van der Waals surface area contributed by atoms with Crippen molar-refractivity contribution in [1.29, 1.82) is 0 Å². The van der Waals surface area contributed by atoms with Gasteiger partial charge in [-0.25, -0.2) is 0 Å². The van der Waals surface area contributed by atoms with Crippen LogP contribution in [-0.4, -0.2) is 47.1 Å². The van der Waals surface area contributed by atoms with E-state index >= 15 is 0 Å². The number of aromatic nitrogens is 2. The van der Waals surface area contributed by atoms with E-state index < -0.39 is 0 Å². The molecule has 1 N–H and O–H groups in total. The smallest absolute Gasteiger partial charge is 0.257 e. The molecular formula is C19H26N4O2. The van der Waals surface area contributed by atoms with Gasteiger partial charge < -0.3 is 14.7 Å². The fourth-order valence-electron chi connectivity index (χ4n) is 3.35. The van der Waals surface area contributed by atoms with Crippen molar-refractivity contribution >= 4 is 5.91 Å². The van der Waals surface area contributed by atoms with Crippen LogP contribution in [0.3, 0.4) is 0 Å². The van der Waals surface area contributed by atoms with Crippen molar-refractivity contribution in [2.45, 2.75) is 33.1 Å². The van der Waals surface area contributed by atoms with Gasteiger partial charge in [0, 0.05) is 25.1 Å². The zero-order valence-electron chi connectivity index (χ0n) is 15.0. The quantitative estimate of drug-likeness (QED) is 0.873. The SMILES string of the molecule is CCN1CCCC(C)(C(=O)NCCc2noc(-c3ccccc3)n2)C1. The summed E-state index contributed by atoms with van der Waals surface area (Å²) in [5.41, 5.74) is 0.598. The first-order valence-electron chi connectivity index (χ1n) is 8.99. The van der Waals surface area contributed by atoms with Crippen LogP contribution in [0.4, 0.5) is 0 Å². The lowest BCUT2D eigenvalue weighted by atomic mass is 9.81. The third kappa shape index (κ3) is 4.25. The zero-order chi connectivity index (χ0) is 17.7. The number of benzene rings is 1. The van der Waals surface area contributed by atoms with E-state index in [1.54, 1.807) is 0 Å². The van der Waals surface area contributed by atoms with Gasteiger partial charge in [0.05, 0.1) is 5.41 Å². The van der Waals surface area contributed by atoms with Gasteiger partial charge in [-0.1, -0.05) is 30.3 Å². The molecule has 1 aliphatic heterocycles. The van der Waals surface area contributed by atoms with E-state index in [1.807, 2.05) is 30.3 Å². The van der Waals surface area contributed by atoms with Crippen LogP contribution < -0.4 is 5.32 Å². The Morgan fingerprint density at radius 3 is 2.92 bits per heavy atom. The number of carbonyl (C=O) groups excluding carboxylic acids is 1. The molecule has 0 radical (unpaired) electrons. The summed E-state index contributed by atoms with van der Waals surface area (Å²) in [6.07, 6.45) is 2.58. The summed E-state index contributed by atoms with van der Waals surface area (Å²) in [6, 6.07) is 9.68. The second-order valence-corrected chi connectivity index (χ2v) is 6.92. The second kappa shape index (κ2) is 7.78. The van der Waals surface area contributed by atoms with Crippen LogP contribution in [0.25, 0.3) is 11.5 Å². The van der Waals surface area contributed by atoms with Crippen molar-refractivity contribution in [3.05, 3.63) is 36.2 Å². The number of piperidine rings is 1. The Kier molecular flexibility index (Phi) is 5.48. The van der Waals surface area contributed by atoms with Gasteiger partial charge in [0.2, 0.25) is 5.91 Å². The van der Waals surface area contributed by atoms with Crippen molar-refractivity contribution in [2.75, 3.05) is 26.2 Å². The van der Waals surface area contributed by atoms with Gasteiger partial charge >= 0.3 is 0 Å². The Labute approximate surface area is 148 Å². The number of nitrogens with zero attached hydrogens (tertiary/aromatic N) is 3. The van der Waals surface area contributed by atoms with Gasteiger partial charge in [-0.15, -0.1) is 0 Å². The minimum absolute atomic E-state index is 0.123. The number of hydrogen-bond acceptors (Lipinski definition) is 5. The molecule has 3 rings (SSSR count). The Balaban J connectivity index is 1.51. The topological polar surface area (TPSA) is 71.3 Å². The van der Waals surface area contributed by atoms with E-state index in [4.69, 9.17) is 4.52 Å². The lowest BCUT2D eigenvalue weighted by Gasteiger charge is -2.38. The predicted molar refractivity (Wildman–Crippen MR) is 95.9 cm³/mol. The fraction of sp³-hybridized carbons (Fsp3) is 0.526. The van der Waals surface area contributed by atoms with Gasteiger partial charge in [-0.05, 0) is 45.0 Å². The summed E-state index contributed by atoms with van der Waals surface area (Å²) >= 11 is 0. The zero-order valence-corrected chi connectivity index (χ0v) is 15.0. The van der Waals surface area contributed by atoms with Crippen molar-refractivity contribution in [3.8, 4) is 11.5 Å². The summed E-state index contributed by atoms with van der Waals surface area (Å²) in [5, 5.41) is 7.05. The van der Waals surface area contributed by atoms with Crippen LogP contribution >= 0.6 is 0 Å². The molecule has 0 aliphatic carbocycles. The van der Waals surface area contributed by atoms with Crippen LogP contribution in [-0.2, 0) is 11.2 Å². The van der Waals surface area contributed by atoms with Crippen LogP contribution in [0.15, 0.2) is 34.9 Å². The highest BCUT2D eigenvalue weighted by Crippen LogP contribution is 2.29. The summed E-state index contributed by atoms with van der Waals surface area (Å²) < 4.78 is 5.29. The second-order valence-electron chi connectivity index (χ2n) is 6.92. The number of rotatable bonds is 6. The molecule has 1 saturated heterocycles. The molecule has 0 spiro atoms. The van der Waals surface area contributed by atoms with E-state index in [1.165, 1.54) is 0 Å². The van der Waals surface area contributed by atoms with Crippen molar-refractivity contribution in [3.63, 3.8) is 0 Å². The Morgan fingerprint density at radius 1 is 1.36 bits per heavy atom.